The van der Waals surface area contributed by atoms with Gasteiger partial charge in [0.2, 0.25) is 0 Å². The minimum Gasteiger partial charge on any atom is -0.481 e. The van der Waals surface area contributed by atoms with E-state index in [0.29, 0.717) is 12.6 Å². The van der Waals surface area contributed by atoms with Gasteiger partial charge in [-0.2, -0.15) is 0 Å². The average Bonchev–Trinajstić information content (AvgIpc) is 2.71. The van der Waals surface area contributed by atoms with Crippen LogP contribution in [0, 0.1) is 0 Å². The minimum atomic E-state index is -0.747. The highest BCUT2D eigenvalue weighted by molar-refractivity contribution is 7.09. The first-order valence-electron chi connectivity index (χ1n) is 5.92. The van der Waals surface area contributed by atoms with Crippen LogP contribution in [0.4, 0.5) is 0 Å². The Bertz CT molecular complexity index is 363. The van der Waals surface area contributed by atoms with Crippen molar-refractivity contribution in [2.24, 2.45) is 0 Å². The van der Waals surface area contributed by atoms with Gasteiger partial charge in [-0.3, -0.25) is 9.69 Å². The van der Waals surface area contributed by atoms with Gasteiger partial charge in [0.05, 0.1) is 17.1 Å². The summed E-state index contributed by atoms with van der Waals surface area (Å²) < 4.78 is 0. The molecule has 1 rings (SSSR count). The maximum atomic E-state index is 10.6. The highest BCUT2D eigenvalue weighted by Gasteiger charge is 2.13. The molecule has 0 saturated carbocycles. The van der Waals surface area contributed by atoms with E-state index >= 15 is 0 Å². The summed E-state index contributed by atoms with van der Waals surface area (Å²) in [5, 5.41) is 11.9. The van der Waals surface area contributed by atoms with Crippen LogP contribution in [0.5, 0.6) is 0 Å². The molecule has 0 aromatic carbocycles. The number of aromatic nitrogens is 1. The summed E-state index contributed by atoms with van der Waals surface area (Å²) in [6.45, 7) is 7.56. The molecule has 0 aliphatic rings. The van der Waals surface area contributed by atoms with Gasteiger partial charge in [0.1, 0.15) is 0 Å². The lowest BCUT2D eigenvalue weighted by molar-refractivity contribution is -0.137. The van der Waals surface area contributed by atoms with E-state index in [1.165, 1.54) is 0 Å². The largest absolute Gasteiger partial charge is 0.481 e. The van der Waals surface area contributed by atoms with E-state index in [1.807, 2.05) is 0 Å². The number of thiazole rings is 1. The molecule has 0 aliphatic carbocycles. The summed E-state index contributed by atoms with van der Waals surface area (Å²) in [5.74, 6) is -0.747. The fraction of sp³-hybridized carbons (Fsp3) is 0.667. The summed E-state index contributed by atoms with van der Waals surface area (Å²) in [5.41, 5.74) is 1.05. The molecule has 4 nitrogen and oxygen atoms in total. The molecule has 5 heteroatoms. The summed E-state index contributed by atoms with van der Waals surface area (Å²) in [4.78, 5) is 17.2. The molecular formula is C12H20N2O2S. The van der Waals surface area contributed by atoms with Crippen molar-refractivity contribution in [3.05, 3.63) is 16.1 Å². The van der Waals surface area contributed by atoms with Crippen molar-refractivity contribution in [3.63, 3.8) is 0 Å². The molecule has 0 spiro atoms. The Kier molecular flexibility index (Phi) is 5.58. The first-order chi connectivity index (χ1) is 8.02. The van der Waals surface area contributed by atoms with Crippen LogP contribution in [0.3, 0.4) is 0 Å². The van der Waals surface area contributed by atoms with Crippen LogP contribution in [-0.4, -0.2) is 33.5 Å². The van der Waals surface area contributed by atoms with Gasteiger partial charge in [0, 0.05) is 24.5 Å². The first kappa shape index (κ1) is 14.1. The standard InChI is InChI=1S/C12H20N2O2S/c1-4-11-13-10(8-17-11)7-14(9(2)3)6-5-12(15)16/h8-9H,4-7H2,1-3H3,(H,15,16). The molecule has 1 aromatic rings. The van der Waals surface area contributed by atoms with Crippen molar-refractivity contribution in [1.82, 2.24) is 9.88 Å². The molecule has 96 valence electrons. The van der Waals surface area contributed by atoms with Crippen molar-refractivity contribution in [2.75, 3.05) is 6.54 Å². The van der Waals surface area contributed by atoms with E-state index in [9.17, 15) is 4.79 Å². The van der Waals surface area contributed by atoms with Gasteiger partial charge >= 0.3 is 5.97 Å². The van der Waals surface area contributed by atoms with Crippen LogP contribution in [0.25, 0.3) is 0 Å². The zero-order chi connectivity index (χ0) is 12.8. The smallest absolute Gasteiger partial charge is 0.304 e. The summed E-state index contributed by atoms with van der Waals surface area (Å²) in [7, 11) is 0. The molecule has 0 aliphatic heterocycles. The number of rotatable bonds is 7. The zero-order valence-electron chi connectivity index (χ0n) is 10.6. The molecule has 1 aromatic heterocycles. The van der Waals surface area contributed by atoms with Gasteiger partial charge in [-0.15, -0.1) is 11.3 Å². The second-order valence-corrected chi connectivity index (χ2v) is 5.24. The molecule has 0 radical (unpaired) electrons. The topological polar surface area (TPSA) is 53.4 Å². The van der Waals surface area contributed by atoms with E-state index < -0.39 is 5.97 Å². The highest BCUT2D eigenvalue weighted by atomic mass is 32.1. The van der Waals surface area contributed by atoms with E-state index in [0.717, 1.165) is 23.7 Å². The number of nitrogens with zero attached hydrogens (tertiary/aromatic N) is 2. The molecule has 1 N–H and O–H groups in total. The van der Waals surface area contributed by atoms with Gasteiger partial charge in [0.25, 0.3) is 0 Å². The van der Waals surface area contributed by atoms with E-state index in [2.05, 4.69) is 36.0 Å². The predicted molar refractivity (Wildman–Crippen MR) is 69.3 cm³/mol. The van der Waals surface area contributed by atoms with Crippen molar-refractivity contribution in [2.45, 2.75) is 46.2 Å². The van der Waals surface area contributed by atoms with E-state index in [1.54, 1.807) is 11.3 Å². The molecular weight excluding hydrogens is 236 g/mol. The Labute approximate surface area is 106 Å². The van der Waals surface area contributed by atoms with Crippen molar-refractivity contribution >= 4 is 17.3 Å². The predicted octanol–water partition coefficient (Wildman–Crippen LogP) is 2.39. The fourth-order valence-electron chi connectivity index (χ4n) is 1.55. The fourth-order valence-corrected chi connectivity index (χ4v) is 2.29. The lowest BCUT2D eigenvalue weighted by Gasteiger charge is -2.24. The van der Waals surface area contributed by atoms with Crippen LogP contribution >= 0.6 is 11.3 Å². The van der Waals surface area contributed by atoms with Gasteiger partial charge in [-0.1, -0.05) is 6.92 Å². The monoisotopic (exact) mass is 256 g/mol. The molecule has 0 unspecified atom stereocenters. The van der Waals surface area contributed by atoms with E-state index in [4.69, 9.17) is 5.11 Å². The van der Waals surface area contributed by atoms with Crippen LogP contribution in [0.2, 0.25) is 0 Å². The number of hydrogen-bond donors (Lipinski definition) is 1. The van der Waals surface area contributed by atoms with Crippen LogP contribution in [0.1, 0.15) is 37.9 Å². The third-order valence-corrected chi connectivity index (χ3v) is 3.65. The SMILES string of the molecule is CCc1nc(CN(CCC(=O)O)C(C)C)cs1. The van der Waals surface area contributed by atoms with Crippen molar-refractivity contribution in [3.8, 4) is 0 Å². The lowest BCUT2D eigenvalue weighted by Crippen LogP contribution is -2.32. The molecule has 0 saturated heterocycles. The van der Waals surface area contributed by atoms with Gasteiger partial charge < -0.3 is 5.11 Å². The van der Waals surface area contributed by atoms with E-state index in [-0.39, 0.29) is 6.42 Å². The summed E-state index contributed by atoms with van der Waals surface area (Å²) in [6, 6.07) is 0.334. The maximum Gasteiger partial charge on any atom is 0.304 e. The third kappa shape index (κ3) is 4.83. The number of hydrogen-bond acceptors (Lipinski definition) is 4. The second kappa shape index (κ2) is 6.71. The Morgan fingerprint density at radius 1 is 1.59 bits per heavy atom. The Hall–Kier alpha value is -0.940. The summed E-state index contributed by atoms with van der Waals surface area (Å²) in [6.07, 6.45) is 1.14. The molecule has 0 atom stereocenters. The number of carboxylic acid groups (broad SMARTS) is 1. The molecule has 0 fully saturated rings. The molecule has 0 amide bonds. The van der Waals surface area contributed by atoms with Gasteiger partial charge in [-0.05, 0) is 20.3 Å². The van der Waals surface area contributed by atoms with Gasteiger partial charge in [0.15, 0.2) is 0 Å². The lowest BCUT2D eigenvalue weighted by atomic mass is 10.2. The molecule has 0 bridgehead atoms. The highest BCUT2D eigenvalue weighted by Crippen LogP contribution is 2.14. The Balaban J connectivity index is 2.56. The quantitative estimate of drug-likeness (QED) is 0.814. The maximum absolute atomic E-state index is 10.6. The van der Waals surface area contributed by atoms with Gasteiger partial charge in [-0.25, -0.2) is 4.98 Å². The van der Waals surface area contributed by atoms with Crippen LogP contribution < -0.4 is 0 Å². The number of carboxylic acids is 1. The number of carbonyl (C=O) groups is 1. The number of aryl methyl sites for hydroxylation is 1. The Morgan fingerprint density at radius 2 is 2.29 bits per heavy atom. The first-order valence-corrected chi connectivity index (χ1v) is 6.80. The van der Waals surface area contributed by atoms with Crippen LogP contribution in [-0.2, 0) is 17.8 Å². The number of aliphatic carboxylic acids is 1. The second-order valence-electron chi connectivity index (χ2n) is 4.29. The molecule has 17 heavy (non-hydrogen) atoms. The average molecular weight is 256 g/mol. The Morgan fingerprint density at radius 3 is 2.76 bits per heavy atom. The normalized spacial score (nSPS) is 11.4. The zero-order valence-corrected chi connectivity index (χ0v) is 11.5. The molecule has 1 heterocycles. The van der Waals surface area contributed by atoms with Crippen molar-refractivity contribution < 1.29 is 9.90 Å². The minimum absolute atomic E-state index is 0.183. The van der Waals surface area contributed by atoms with Crippen molar-refractivity contribution in [1.29, 1.82) is 0 Å². The van der Waals surface area contributed by atoms with Crippen LogP contribution in [0.15, 0.2) is 5.38 Å². The third-order valence-electron chi connectivity index (χ3n) is 2.61. The summed E-state index contributed by atoms with van der Waals surface area (Å²) >= 11 is 1.67.